The van der Waals surface area contributed by atoms with Crippen LogP contribution < -0.4 is 15.4 Å². The van der Waals surface area contributed by atoms with Gasteiger partial charge in [0.05, 0.1) is 11.0 Å². The van der Waals surface area contributed by atoms with Crippen LogP contribution in [0.5, 0.6) is 11.5 Å². The van der Waals surface area contributed by atoms with Gasteiger partial charge in [0.15, 0.2) is 0 Å². The van der Waals surface area contributed by atoms with Crippen LogP contribution in [0.4, 0.5) is 22.0 Å². The summed E-state index contributed by atoms with van der Waals surface area (Å²) in [5, 5.41) is 7.95. The van der Waals surface area contributed by atoms with E-state index in [1.807, 2.05) is 118 Å². The Hall–Kier alpha value is -5.90. The van der Waals surface area contributed by atoms with E-state index in [4.69, 9.17) is 9.47 Å². The summed E-state index contributed by atoms with van der Waals surface area (Å²) in [5.41, 5.74) is 4.07. The first-order valence-electron chi connectivity index (χ1n) is 14.8. The maximum Gasteiger partial charge on any atom is 0.418 e. The molecule has 3 heterocycles. The molecule has 0 spiro atoms. The minimum absolute atomic E-state index is 0.240. The van der Waals surface area contributed by atoms with Crippen LogP contribution in [0.2, 0.25) is 0 Å². The molecule has 0 fully saturated rings. The zero-order chi connectivity index (χ0) is 32.4. The molecule has 0 saturated carbocycles. The van der Waals surface area contributed by atoms with E-state index < -0.39 is 11.7 Å². The molecule has 2 N–H and O–H groups in total. The molecule has 0 aliphatic rings. The van der Waals surface area contributed by atoms with Crippen LogP contribution in [0.3, 0.4) is 0 Å². The molecule has 3 aromatic heterocycles. The van der Waals surface area contributed by atoms with Crippen molar-refractivity contribution in [2.24, 2.45) is 7.05 Å². The van der Waals surface area contributed by atoms with Crippen LogP contribution in [0, 0.1) is 6.92 Å². The summed E-state index contributed by atoms with van der Waals surface area (Å²) in [4.78, 5) is 34.2. The second-order valence-electron chi connectivity index (χ2n) is 11.9. The topological polar surface area (TPSA) is 112 Å². The van der Waals surface area contributed by atoms with Gasteiger partial charge in [-0.05, 0) is 106 Å². The summed E-state index contributed by atoms with van der Waals surface area (Å²) in [7, 11) is 1.92. The maximum absolute atomic E-state index is 12.7. The molecule has 10 heteroatoms. The summed E-state index contributed by atoms with van der Waals surface area (Å²) in [6.07, 6.45) is 7.94. The molecule has 6 rings (SSSR count). The minimum atomic E-state index is -0.606. The molecular weight excluding hydrogens is 580 g/mol. The highest BCUT2D eigenvalue weighted by Crippen LogP contribution is 2.32. The van der Waals surface area contributed by atoms with Gasteiger partial charge in [-0.3, -0.25) is 9.36 Å². The molecule has 46 heavy (non-hydrogen) atoms. The number of hydrogen-bond acceptors (Lipinski definition) is 7. The van der Waals surface area contributed by atoms with Gasteiger partial charge < -0.3 is 24.7 Å². The van der Waals surface area contributed by atoms with Gasteiger partial charge in [0, 0.05) is 59.4 Å². The number of rotatable bonds is 7. The largest absolute Gasteiger partial charge is 0.457 e. The number of ether oxygens (including phenoxy) is 2. The molecule has 6 aromatic rings. The number of aromatic nitrogens is 4. The van der Waals surface area contributed by atoms with E-state index in [2.05, 4.69) is 20.6 Å². The first-order chi connectivity index (χ1) is 22.0. The Morgan fingerprint density at radius 2 is 1.74 bits per heavy atom. The van der Waals surface area contributed by atoms with Gasteiger partial charge in [0.2, 0.25) is 5.91 Å². The predicted octanol–water partition coefficient (Wildman–Crippen LogP) is 8.20. The maximum atomic E-state index is 12.7. The number of carbonyl (C=O) groups is 2. The van der Waals surface area contributed by atoms with Gasteiger partial charge in [0.1, 0.15) is 29.2 Å². The predicted molar refractivity (Wildman–Crippen MR) is 181 cm³/mol. The lowest BCUT2D eigenvalue weighted by Gasteiger charge is -2.19. The monoisotopic (exact) mass is 614 g/mol. The zero-order valence-electron chi connectivity index (χ0n) is 26.2. The fourth-order valence-electron chi connectivity index (χ4n) is 4.97. The van der Waals surface area contributed by atoms with E-state index in [1.54, 1.807) is 12.3 Å². The molecule has 0 unspecified atom stereocenters. The number of amides is 1. The Kier molecular flexibility index (Phi) is 8.02. The highest BCUT2D eigenvalue weighted by molar-refractivity contribution is 6.03. The Bertz CT molecular complexity index is 2120. The van der Waals surface area contributed by atoms with Crippen molar-refractivity contribution in [1.29, 1.82) is 0 Å². The fraction of sp³-hybridized carbons (Fsp3) is 0.167. The van der Waals surface area contributed by atoms with Crippen LogP contribution in [0.25, 0.3) is 27.9 Å². The van der Waals surface area contributed by atoms with Gasteiger partial charge in [0.25, 0.3) is 0 Å². The Balaban J connectivity index is 1.18. The Morgan fingerprint density at radius 1 is 0.913 bits per heavy atom. The lowest BCUT2D eigenvalue weighted by atomic mass is 10.1. The Morgan fingerprint density at radius 3 is 2.50 bits per heavy atom. The highest BCUT2D eigenvalue weighted by Gasteiger charge is 2.19. The van der Waals surface area contributed by atoms with Crippen LogP contribution in [-0.4, -0.2) is 36.7 Å². The van der Waals surface area contributed by atoms with Crippen molar-refractivity contribution in [2.45, 2.75) is 33.3 Å². The molecule has 1 amide bonds. The van der Waals surface area contributed by atoms with Gasteiger partial charge in [-0.2, -0.15) is 0 Å². The smallest absolute Gasteiger partial charge is 0.418 e. The van der Waals surface area contributed by atoms with Crippen LogP contribution in [0.1, 0.15) is 32.0 Å². The quantitative estimate of drug-likeness (QED) is 0.174. The number of anilines is 3. The number of carbonyl (C=O) groups excluding carboxylic acids is 2. The molecule has 10 nitrogen and oxygen atoms in total. The molecular formula is C36H34N6O4. The van der Waals surface area contributed by atoms with Crippen molar-refractivity contribution >= 4 is 57.1 Å². The second kappa shape index (κ2) is 12.2. The normalized spacial score (nSPS) is 11.7. The molecule has 232 valence electrons. The first-order valence-corrected chi connectivity index (χ1v) is 14.8. The third kappa shape index (κ3) is 6.76. The van der Waals surface area contributed by atoms with Gasteiger partial charge in [-0.15, -0.1) is 0 Å². The molecule has 0 atom stereocenters. The van der Waals surface area contributed by atoms with E-state index in [-0.39, 0.29) is 5.91 Å². The molecule has 0 radical (unpaired) electrons. The number of fused-ring (bicyclic) bond motifs is 2. The molecule has 0 saturated heterocycles. The number of aryl methyl sites for hydroxylation is 2. The van der Waals surface area contributed by atoms with Gasteiger partial charge in [-0.1, -0.05) is 0 Å². The van der Waals surface area contributed by atoms with Crippen molar-refractivity contribution in [2.75, 3.05) is 10.6 Å². The van der Waals surface area contributed by atoms with E-state index >= 15 is 0 Å². The van der Waals surface area contributed by atoms with E-state index in [9.17, 15) is 9.59 Å². The lowest BCUT2D eigenvalue weighted by Crippen LogP contribution is -2.26. The van der Waals surface area contributed by atoms with Crippen molar-refractivity contribution in [1.82, 2.24) is 19.1 Å². The van der Waals surface area contributed by atoms with E-state index in [0.29, 0.717) is 28.5 Å². The zero-order valence-corrected chi connectivity index (χ0v) is 26.2. The van der Waals surface area contributed by atoms with Crippen molar-refractivity contribution in [3.05, 3.63) is 109 Å². The van der Waals surface area contributed by atoms with Crippen molar-refractivity contribution < 1.29 is 19.1 Å². The number of nitrogens with zero attached hydrogens (tertiary/aromatic N) is 4. The summed E-state index contributed by atoms with van der Waals surface area (Å²) in [6, 6.07) is 22.6. The second-order valence-corrected chi connectivity index (χ2v) is 11.9. The molecule has 0 bridgehead atoms. The summed E-state index contributed by atoms with van der Waals surface area (Å²) in [6.45, 7) is 7.47. The summed E-state index contributed by atoms with van der Waals surface area (Å²) < 4.78 is 15.2. The van der Waals surface area contributed by atoms with Crippen LogP contribution in [-0.2, 0) is 16.6 Å². The number of benzene rings is 3. The van der Waals surface area contributed by atoms with Gasteiger partial charge in [-0.25, -0.2) is 14.8 Å². The molecule has 0 aliphatic heterocycles. The average molecular weight is 615 g/mol. The summed E-state index contributed by atoms with van der Waals surface area (Å²) in [5.74, 6) is 1.62. The average Bonchev–Trinajstić information content (AvgIpc) is 3.62. The molecule has 3 aromatic carbocycles. The number of hydrogen-bond donors (Lipinski definition) is 2. The van der Waals surface area contributed by atoms with Crippen molar-refractivity contribution in [3.63, 3.8) is 0 Å². The van der Waals surface area contributed by atoms with E-state index in [1.165, 1.54) is 17.0 Å². The fourth-order valence-corrected chi connectivity index (χ4v) is 4.97. The third-order valence-corrected chi connectivity index (χ3v) is 7.21. The third-order valence-electron chi connectivity index (χ3n) is 7.21. The van der Waals surface area contributed by atoms with E-state index in [0.717, 1.165) is 33.2 Å². The Labute approximate surface area is 266 Å². The highest BCUT2D eigenvalue weighted by atomic mass is 16.6. The lowest BCUT2D eigenvalue weighted by molar-refractivity contribution is -0.111. The standard InChI is InChI=1S/C36H34N6O4/c1-23-19-25(10-14-32(23)45-28-12-8-24-16-18-42(31(24)21-28)35(44)46-36(2,3)4)40-34-29-20-26(9-13-30(29)37-22-38-34)39-33(43)15-11-27-7-6-17-41(27)5/h6-22H,1-5H3,(H,39,43)(H,37,38,40)/b15-11+. The summed E-state index contributed by atoms with van der Waals surface area (Å²) >= 11 is 0. The SMILES string of the molecule is Cc1cc(Nc2ncnc3ccc(NC(=O)/C=C/c4cccn4C)cc23)ccc1Oc1ccc2ccn(C(=O)OC(C)(C)C)c2c1. The first kappa shape index (κ1) is 30.1. The molecule has 0 aliphatic carbocycles. The minimum Gasteiger partial charge on any atom is -0.457 e. The van der Waals surface area contributed by atoms with Crippen LogP contribution >= 0.6 is 0 Å². The van der Waals surface area contributed by atoms with Gasteiger partial charge >= 0.3 is 6.09 Å². The number of nitrogens with one attached hydrogen (secondary N) is 2. The van der Waals surface area contributed by atoms with Crippen molar-refractivity contribution in [3.8, 4) is 11.5 Å². The van der Waals surface area contributed by atoms with Crippen LogP contribution in [0.15, 0.2) is 97.6 Å².